The SMILES string of the molecule is CC(C)Cc1nc(NC(=O)CC2NC(=O)N(Cc3ccccc3)C2=O)n[nH]1. The monoisotopic (exact) mass is 370 g/mol. The van der Waals surface area contributed by atoms with Crippen LogP contribution in [-0.4, -0.2) is 44.0 Å². The van der Waals surface area contributed by atoms with E-state index in [0.717, 1.165) is 10.5 Å². The van der Waals surface area contributed by atoms with E-state index in [4.69, 9.17) is 0 Å². The summed E-state index contributed by atoms with van der Waals surface area (Å²) in [5, 5.41) is 11.8. The predicted molar refractivity (Wildman–Crippen MR) is 97.5 cm³/mol. The van der Waals surface area contributed by atoms with Gasteiger partial charge < -0.3 is 5.32 Å². The number of urea groups is 1. The fourth-order valence-corrected chi connectivity index (χ4v) is 2.82. The van der Waals surface area contributed by atoms with Crippen LogP contribution >= 0.6 is 0 Å². The van der Waals surface area contributed by atoms with Crippen LogP contribution in [0, 0.1) is 5.92 Å². The summed E-state index contributed by atoms with van der Waals surface area (Å²) in [6.45, 7) is 4.27. The Balaban J connectivity index is 1.56. The molecular weight excluding hydrogens is 348 g/mol. The number of hydrogen-bond donors (Lipinski definition) is 3. The summed E-state index contributed by atoms with van der Waals surface area (Å²) in [6, 6.07) is 7.80. The van der Waals surface area contributed by atoms with E-state index in [2.05, 4.69) is 39.7 Å². The second-order valence-corrected chi connectivity index (χ2v) is 6.87. The Kier molecular flexibility index (Phi) is 5.49. The average molecular weight is 370 g/mol. The zero-order valence-electron chi connectivity index (χ0n) is 15.2. The largest absolute Gasteiger partial charge is 0.325 e. The molecule has 3 N–H and O–H groups in total. The number of carbonyl (C=O) groups excluding carboxylic acids is 3. The van der Waals surface area contributed by atoms with Crippen molar-refractivity contribution in [2.45, 2.75) is 39.3 Å². The molecule has 1 atom stereocenters. The highest BCUT2D eigenvalue weighted by molar-refractivity contribution is 6.06. The quantitative estimate of drug-likeness (QED) is 0.637. The van der Waals surface area contributed by atoms with Crippen molar-refractivity contribution >= 4 is 23.8 Å². The molecule has 1 aliphatic heterocycles. The molecule has 2 heterocycles. The van der Waals surface area contributed by atoms with Crippen molar-refractivity contribution in [2.75, 3.05) is 5.32 Å². The van der Waals surface area contributed by atoms with Crippen molar-refractivity contribution < 1.29 is 14.4 Å². The summed E-state index contributed by atoms with van der Waals surface area (Å²) in [5.74, 6) is 0.386. The number of H-pyrrole nitrogens is 1. The van der Waals surface area contributed by atoms with Crippen LogP contribution in [0.2, 0.25) is 0 Å². The fourth-order valence-electron chi connectivity index (χ4n) is 2.82. The molecule has 0 aliphatic carbocycles. The number of benzene rings is 1. The molecule has 0 radical (unpaired) electrons. The zero-order chi connectivity index (χ0) is 19.4. The number of rotatable bonds is 7. The van der Waals surface area contributed by atoms with Gasteiger partial charge in [0, 0.05) is 6.42 Å². The number of amides is 4. The summed E-state index contributed by atoms with van der Waals surface area (Å²) in [7, 11) is 0. The van der Waals surface area contributed by atoms with E-state index in [1.807, 2.05) is 30.3 Å². The van der Waals surface area contributed by atoms with Crippen molar-refractivity contribution in [3.63, 3.8) is 0 Å². The van der Waals surface area contributed by atoms with Gasteiger partial charge in [-0.1, -0.05) is 44.2 Å². The van der Waals surface area contributed by atoms with Crippen LogP contribution in [0.4, 0.5) is 10.7 Å². The van der Waals surface area contributed by atoms with E-state index < -0.39 is 23.9 Å². The van der Waals surface area contributed by atoms with Crippen LogP contribution < -0.4 is 10.6 Å². The van der Waals surface area contributed by atoms with E-state index in [-0.39, 0.29) is 18.9 Å². The van der Waals surface area contributed by atoms with Gasteiger partial charge >= 0.3 is 6.03 Å². The molecule has 9 nitrogen and oxygen atoms in total. The van der Waals surface area contributed by atoms with E-state index in [0.29, 0.717) is 18.2 Å². The first-order valence-electron chi connectivity index (χ1n) is 8.79. The number of aromatic amines is 1. The summed E-state index contributed by atoms with van der Waals surface area (Å²) < 4.78 is 0. The molecule has 142 valence electrons. The molecule has 1 aromatic heterocycles. The molecule has 1 unspecified atom stereocenters. The highest BCUT2D eigenvalue weighted by atomic mass is 16.2. The number of imide groups is 1. The van der Waals surface area contributed by atoms with Crippen molar-refractivity contribution in [3.8, 4) is 0 Å². The Morgan fingerprint density at radius 3 is 2.70 bits per heavy atom. The van der Waals surface area contributed by atoms with E-state index >= 15 is 0 Å². The van der Waals surface area contributed by atoms with Crippen LogP contribution in [0.3, 0.4) is 0 Å². The second kappa shape index (κ2) is 7.98. The number of nitrogens with one attached hydrogen (secondary N) is 3. The van der Waals surface area contributed by atoms with Gasteiger partial charge in [0.1, 0.15) is 11.9 Å². The third-order valence-electron chi connectivity index (χ3n) is 4.06. The zero-order valence-corrected chi connectivity index (χ0v) is 15.2. The summed E-state index contributed by atoms with van der Waals surface area (Å²) >= 11 is 0. The molecule has 1 saturated heterocycles. The molecule has 0 saturated carbocycles. The standard InChI is InChI=1S/C18H22N6O3/c1-11(2)8-14-20-17(23-22-14)21-15(25)9-13-16(26)24(18(27)19-13)10-12-6-4-3-5-7-12/h3-7,11,13H,8-10H2,1-2H3,(H,19,27)(H2,20,21,22,23,25). The third-order valence-corrected chi connectivity index (χ3v) is 4.06. The number of hydrogen-bond acceptors (Lipinski definition) is 5. The van der Waals surface area contributed by atoms with Gasteiger partial charge in [-0.15, -0.1) is 5.10 Å². The van der Waals surface area contributed by atoms with Crippen LogP contribution in [0.15, 0.2) is 30.3 Å². The molecule has 2 aromatic rings. The Morgan fingerprint density at radius 1 is 1.26 bits per heavy atom. The maximum absolute atomic E-state index is 12.5. The van der Waals surface area contributed by atoms with Crippen molar-refractivity contribution in [1.29, 1.82) is 0 Å². The van der Waals surface area contributed by atoms with Crippen LogP contribution in [0.1, 0.15) is 31.7 Å². The van der Waals surface area contributed by atoms with Crippen molar-refractivity contribution in [3.05, 3.63) is 41.7 Å². The lowest BCUT2D eigenvalue weighted by Crippen LogP contribution is -2.34. The van der Waals surface area contributed by atoms with Crippen LogP contribution in [0.5, 0.6) is 0 Å². The van der Waals surface area contributed by atoms with Crippen LogP contribution in [-0.2, 0) is 22.6 Å². The van der Waals surface area contributed by atoms with Gasteiger partial charge in [-0.3, -0.25) is 24.9 Å². The van der Waals surface area contributed by atoms with E-state index in [9.17, 15) is 14.4 Å². The summed E-state index contributed by atoms with van der Waals surface area (Å²) in [4.78, 5) is 42.0. The minimum atomic E-state index is -0.893. The Morgan fingerprint density at radius 2 is 2.00 bits per heavy atom. The Labute approximate surface area is 156 Å². The van der Waals surface area contributed by atoms with E-state index in [1.54, 1.807) is 0 Å². The first-order valence-corrected chi connectivity index (χ1v) is 8.79. The van der Waals surface area contributed by atoms with E-state index in [1.165, 1.54) is 0 Å². The normalized spacial score (nSPS) is 16.7. The molecule has 3 rings (SSSR count). The first-order chi connectivity index (χ1) is 12.9. The lowest BCUT2D eigenvalue weighted by atomic mass is 10.1. The van der Waals surface area contributed by atoms with Gasteiger partial charge in [-0.2, -0.15) is 4.98 Å². The number of nitrogens with zero attached hydrogens (tertiary/aromatic N) is 3. The molecule has 27 heavy (non-hydrogen) atoms. The number of anilines is 1. The smallest absolute Gasteiger partial charge is 0.325 e. The van der Waals surface area contributed by atoms with Gasteiger partial charge in [0.25, 0.3) is 5.91 Å². The second-order valence-electron chi connectivity index (χ2n) is 6.87. The van der Waals surface area contributed by atoms with Gasteiger partial charge in [-0.25, -0.2) is 4.79 Å². The fraction of sp³-hybridized carbons (Fsp3) is 0.389. The number of aromatic nitrogens is 3. The molecule has 0 spiro atoms. The van der Waals surface area contributed by atoms with Crippen molar-refractivity contribution in [1.82, 2.24) is 25.4 Å². The minimum absolute atomic E-state index is 0.161. The van der Waals surface area contributed by atoms with Crippen LogP contribution in [0.25, 0.3) is 0 Å². The maximum atomic E-state index is 12.5. The average Bonchev–Trinajstić information content (AvgIpc) is 3.14. The van der Waals surface area contributed by atoms with Gasteiger partial charge in [0.05, 0.1) is 13.0 Å². The minimum Gasteiger partial charge on any atom is -0.325 e. The molecule has 4 amide bonds. The highest BCUT2D eigenvalue weighted by Gasteiger charge is 2.39. The van der Waals surface area contributed by atoms with Crippen molar-refractivity contribution in [2.24, 2.45) is 5.92 Å². The predicted octanol–water partition coefficient (Wildman–Crippen LogP) is 1.45. The lowest BCUT2D eigenvalue weighted by Gasteiger charge is -2.12. The molecule has 1 fully saturated rings. The Hall–Kier alpha value is -3.23. The lowest BCUT2D eigenvalue weighted by molar-refractivity contribution is -0.130. The molecule has 9 heteroatoms. The highest BCUT2D eigenvalue weighted by Crippen LogP contribution is 2.14. The Bertz CT molecular complexity index is 833. The summed E-state index contributed by atoms with van der Waals surface area (Å²) in [5.41, 5.74) is 0.838. The summed E-state index contributed by atoms with van der Waals surface area (Å²) in [6.07, 6.45) is 0.540. The topological polar surface area (TPSA) is 120 Å². The first kappa shape index (κ1) is 18.6. The molecule has 0 bridgehead atoms. The van der Waals surface area contributed by atoms with Gasteiger partial charge in [0.15, 0.2) is 0 Å². The molecule has 1 aliphatic rings. The molecular formula is C18H22N6O3. The third kappa shape index (κ3) is 4.69. The van der Waals surface area contributed by atoms with Gasteiger partial charge in [-0.05, 0) is 11.5 Å². The number of carbonyl (C=O) groups is 3. The molecule has 1 aromatic carbocycles. The maximum Gasteiger partial charge on any atom is 0.325 e. The van der Waals surface area contributed by atoms with Gasteiger partial charge in [0.2, 0.25) is 11.9 Å².